The Balaban J connectivity index is 1.89. The Bertz CT molecular complexity index is 1360. The van der Waals surface area contributed by atoms with Crippen LogP contribution in [0.1, 0.15) is 103 Å². The second-order valence-corrected chi connectivity index (χ2v) is 14.6. The summed E-state index contributed by atoms with van der Waals surface area (Å²) >= 11 is 0. The SMILES string of the molecule is CC(C)(C)OC(=O)NC(CCC(=O)O)C(=O)N[C@@H](Cc1cc(F)cc(F)c1)[C@@H](O)CNC1(c2cccc(C(C)(C)C)c2)CCCCC1. The number of rotatable bonds is 13. The molecule has 0 aliphatic heterocycles. The van der Waals surface area contributed by atoms with Crippen LogP contribution in [-0.4, -0.2) is 58.5 Å². The normalized spacial score (nSPS) is 16.9. The van der Waals surface area contributed by atoms with Gasteiger partial charge in [0, 0.05) is 24.6 Å². The van der Waals surface area contributed by atoms with E-state index in [1.165, 1.54) is 5.56 Å². The van der Waals surface area contributed by atoms with Gasteiger partial charge in [-0.05, 0) is 80.7 Å². The Labute approximate surface area is 276 Å². The van der Waals surface area contributed by atoms with Gasteiger partial charge in [0.05, 0.1) is 12.1 Å². The molecule has 47 heavy (non-hydrogen) atoms. The average Bonchev–Trinajstić information content (AvgIpc) is 2.96. The third kappa shape index (κ3) is 11.9. The maximum Gasteiger partial charge on any atom is 0.408 e. The second-order valence-electron chi connectivity index (χ2n) is 14.6. The summed E-state index contributed by atoms with van der Waals surface area (Å²) in [6.45, 7) is 11.4. The predicted molar refractivity (Wildman–Crippen MR) is 176 cm³/mol. The van der Waals surface area contributed by atoms with Crippen LogP contribution in [-0.2, 0) is 31.7 Å². The lowest BCUT2D eigenvalue weighted by Gasteiger charge is -2.41. The van der Waals surface area contributed by atoms with Crippen molar-refractivity contribution < 1.29 is 38.1 Å². The fraction of sp³-hybridized carbons (Fsp3) is 0.583. The average molecular weight is 660 g/mol. The zero-order chi connectivity index (χ0) is 35.0. The lowest BCUT2D eigenvalue weighted by atomic mass is 9.74. The number of ether oxygens (including phenoxy) is 1. The molecule has 260 valence electrons. The monoisotopic (exact) mass is 659 g/mol. The number of carboxylic acid groups (broad SMARTS) is 1. The highest BCUT2D eigenvalue weighted by molar-refractivity contribution is 5.86. The van der Waals surface area contributed by atoms with Crippen LogP contribution in [0.25, 0.3) is 0 Å². The smallest absolute Gasteiger partial charge is 0.408 e. The topological polar surface area (TPSA) is 137 Å². The molecular weight excluding hydrogens is 608 g/mol. The van der Waals surface area contributed by atoms with E-state index in [0.717, 1.165) is 55.9 Å². The summed E-state index contributed by atoms with van der Waals surface area (Å²) in [5, 5.41) is 29.6. The predicted octanol–water partition coefficient (Wildman–Crippen LogP) is 5.86. The van der Waals surface area contributed by atoms with Gasteiger partial charge in [0.25, 0.3) is 0 Å². The van der Waals surface area contributed by atoms with E-state index in [0.29, 0.717) is 0 Å². The van der Waals surface area contributed by atoms with Crippen LogP contribution >= 0.6 is 0 Å². The van der Waals surface area contributed by atoms with Gasteiger partial charge in [-0.15, -0.1) is 0 Å². The van der Waals surface area contributed by atoms with E-state index in [4.69, 9.17) is 4.74 Å². The lowest BCUT2D eigenvalue weighted by molar-refractivity contribution is -0.137. The standard InChI is InChI=1S/C36H51F2N3O6/c1-34(2,3)24-11-10-12-25(20-24)36(15-8-7-9-16-36)39-22-30(42)29(19-23-17-26(37)21-27(38)18-23)40-32(45)28(13-14-31(43)44)41-33(46)47-35(4,5)6/h10-12,17-18,20-21,28-30,39,42H,7-9,13-16,19,22H2,1-6H3,(H,40,45)(H,41,46)(H,43,44)/t28?,29-,30-/m0/s1. The van der Waals surface area contributed by atoms with E-state index >= 15 is 0 Å². The first-order valence-electron chi connectivity index (χ1n) is 16.4. The fourth-order valence-corrected chi connectivity index (χ4v) is 5.98. The van der Waals surface area contributed by atoms with Crippen molar-refractivity contribution in [2.75, 3.05) is 6.54 Å². The van der Waals surface area contributed by atoms with Crippen molar-refractivity contribution in [2.24, 2.45) is 0 Å². The summed E-state index contributed by atoms with van der Waals surface area (Å²) < 4.78 is 33.6. The Morgan fingerprint density at radius 3 is 2.15 bits per heavy atom. The molecule has 0 aromatic heterocycles. The number of benzene rings is 2. The molecular formula is C36H51F2N3O6. The number of aliphatic hydroxyl groups is 1. The minimum absolute atomic E-state index is 0.0434. The van der Waals surface area contributed by atoms with Crippen molar-refractivity contribution in [1.82, 2.24) is 16.0 Å². The van der Waals surface area contributed by atoms with E-state index in [1.807, 2.05) is 6.07 Å². The van der Waals surface area contributed by atoms with Crippen LogP contribution in [0.2, 0.25) is 0 Å². The van der Waals surface area contributed by atoms with Gasteiger partial charge >= 0.3 is 12.1 Å². The first-order chi connectivity index (χ1) is 21.9. The molecule has 1 aliphatic rings. The molecule has 0 heterocycles. The Kier molecular flexibility index (Phi) is 12.9. The number of alkyl carbamates (subject to hydrolysis) is 1. The molecule has 0 bridgehead atoms. The molecule has 0 saturated heterocycles. The Morgan fingerprint density at radius 2 is 1.57 bits per heavy atom. The maximum atomic E-state index is 14.2. The second kappa shape index (κ2) is 16.0. The van der Waals surface area contributed by atoms with Gasteiger partial charge in [0.1, 0.15) is 23.3 Å². The number of carbonyl (C=O) groups is 3. The van der Waals surface area contributed by atoms with Crippen LogP contribution in [0.4, 0.5) is 13.6 Å². The third-order valence-corrected chi connectivity index (χ3v) is 8.46. The van der Waals surface area contributed by atoms with E-state index in [1.54, 1.807) is 20.8 Å². The number of carbonyl (C=O) groups excluding carboxylic acids is 2. The van der Waals surface area contributed by atoms with Crippen LogP contribution in [0.3, 0.4) is 0 Å². The van der Waals surface area contributed by atoms with E-state index in [9.17, 15) is 33.4 Å². The molecule has 9 nitrogen and oxygen atoms in total. The van der Waals surface area contributed by atoms with Crippen LogP contribution in [0, 0.1) is 11.6 Å². The van der Waals surface area contributed by atoms with Crippen molar-refractivity contribution >= 4 is 18.0 Å². The summed E-state index contributed by atoms with van der Waals surface area (Å²) in [6.07, 6.45) is 1.83. The lowest BCUT2D eigenvalue weighted by Crippen LogP contribution is -2.57. The molecule has 0 spiro atoms. The van der Waals surface area contributed by atoms with Gasteiger partial charge in [-0.25, -0.2) is 13.6 Å². The van der Waals surface area contributed by atoms with Gasteiger partial charge in [0.2, 0.25) is 5.91 Å². The summed E-state index contributed by atoms with van der Waals surface area (Å²) in [7, 11) is 0. The number of amides is 2. The number of hydrogen-bond acceptors (Lipinski definition) is 6. The molecule has 1 aliphatic carbocycles. The van der Waals surface area contributed by atoms with Crippen molar-refractivity contribution in [3.8, 4) is 0 Å². The number of hydrogen-bond donors (Lipinski definition) is 5. The molecule has 0 radical (unpaired) electrons. The minimum Gasteiger partial charge on any atom is -0.481 e. The third-order valence-electron chi connectivity index (χ3n) is 8.46. The quantitative estimate of drug-likeness (QED) is 0.182. The minimum atomic E-state index is -1.31. The number of carboxylic acids is 1. The van der Waals surface area contributed by atoms with Crippen molar-refractivity contribution in [2.45, 2.75) is 128 Å². The molecule has 2 amide bonds. The molecule has 11 heteroatoms. The molecule has 1 saturated carbocycles. The van der Waals surface area contributed by atoms with Crippen molar-refractivity contribution in [3.05, 3.63) is 70.8 Å². The molecule has 2 aromatic rings. The number of aliphatic hydroxyl groups excluding tert-OH is 1. The van der Waals surface area contributed by atoms with E-state index < -0.39 is 65.4 Å². The Morgan fingerprint density at radius 1 is 0.936 bits per heavy atom. The molecule has 5 N–H and O–H groups in total. The van der Waals surface area contributed by atoms with Crippen molar-refractivity contribution in [3.63, 3.8) is 0 Å². The first kappa shape index (κ1) is 37.9. The first-order valence-corrected chi connectivity index (χ1v) is 16.4. The van der Waals surface area contributed by atoms with Gasteiger partial charge < -0.3 is 30.9 Å². The van der Waals surface area contributed by atoms with Gasteiger partial charge in [-0.3, -0.25) is 9.59 Å². The van der Waals surface area contributed by atoms with Crippen LogP contribution < -0.4 is 16.0 Å². The summed E-state index contributed by atoms with van der Waals surface area (Å²) in [4.78, 5) is 37.4. The number of halogens is 2. The molecule has 1 unspecified atom stereocenters. The highest BCUT2D eigenvalue weighted by Gasteiger charge is 2.36. The van der Waals surface area contributed by atoms with Gasteiger partial charge in [-0.2, -0.15) is 0 Å². The van der Waals surface area contributed by atoms with E-state index in [-0.39, 0.29) is 30.4 Å². The highest BCUT2D eigenvalue weighted by Crippen LogP contribution is 2.38. The van der Waals surface area contributed by atoms with Gasteiger partial charge in [-0.1, -0.05) is 64.3 Å². The molecule has 3 rings (SSSR count). The van der Waals surface area contributed by atoms with Crippen LogP contribution in [0.5, 0.6) is 0 Å². The summed E-state index contributed by atoms with van der Waals surface area (Å²) in [5.74, 6) is -3.53. The molecule has 2 aromatic carbocycles. The number of aliphatic carboxylic acids is 1. The summed E-state index contributed by atoms with van der Waals surface area (Å²) in [5.41, 5.74) is 1.14. The number of nitrogens with one attached hydrogen (secondary N) is 3. The fourth-order valence-electron chi connectivity index (χ4n) is 5.98. The Hall–Kier alpha value is -3.57. The highest BCUT2D eigenvalue weighted by atomic mass is 19.1. The zero-order valence-electron chi connectivity index (χ0n) is 28.4. The largest absolute Gasteiger partial charge is 0.481 e. The molecule has 1 fully saturated rings. The maximum absolute atomic E-state index is 14.2. The van der Waals surface area contributed by atoms with Crippen LogP contribution in [0.15, 0.2) is 42.5 Å². The van der Waals surface area contributed by atoms with E-state index in [2.05, 4.69) is 54.9 Å². The summed E-state index contributed by atoms with van der Waals surface area (Å²) in [6, 6.07) is 9.07. The van der Waals surface area contributed by atoms with Gasteiger partial charge in [0.15, 0.2) is 0 Å². The van der Waals surface area contributed by atoms with Crippen molar-refractivity contribution in [1.29, 1.82) is 0 Å². The molecule has 3 atom stereocenters. The zero-order valence-corrected chi connectivity index (χ0v) is 28.4.